The van der Waals surface area contributed by atoms with Crippen LogP contribution in [0.3, 0.4) is 0 Å². The van der Waals surface area contributed by atoms with Crippen molar-refractivity contribution in [3.05, 3.63) is 40.9 Å². The molecule has 2 aliphatic rings. The Hall–Kier alpha value is -2.67. The van der Waals surface area contributed by atoms with Crippen LogP contribution in [-0.2, 0) is 10.3 Å². The first kappa shape index (κ1) is 21.6. The zero-order valence-corrected chi connectivity index (χ0v) is 18.8. The molecule has 1 saturated carbocycles. The Morgan fingerprint density at radius 2 is 1.94 bits per heavy atom. The van der Waals surface area contributed by atoms with Gasteiger partial charge in [-0.25, -0.2) is 0 Å². The highest BCUT2D eigenvalue weighted by atomic mass is 35.5. The van der Waals surface area contributed by atoms with Gasteiger partial charge in [0, 0.05) is 24.0 Å². The predicted molar refractivity (Wildman–Crippen MR) is 122 cm³/mol. The standard InChI is InChI=1S/C23H29ClN4O3/c1-4-28(5-2)18(29)13-25-22(30)17-12-15-11-16(24)20-19(21(15)31-17)23(27-14(3)26-20)9-7-6-8-10-23/h11-12,26-27H,3-10,13H2,1-2H3,(H,25,30). The molecule has 8 heteroatoms. The van der Waals surface area contributed by atoms with Crippen molar-refractivity contribution in [2.24, 2.45) is 0 Å². The van der Waals surface area contributed by atoms with E-state index in [1.807, 2.05) is 13.8 Å². The fourth-order valence-corrected chi connectivity index (χ4v) is 5.09. The SMILES string of the molecule is C=C1Nc2c(Cl)cc3cc(C(=O)NCC(=O)N(CC)CC)oc3c2C2(CCCCC2)N1. The highest BCUT2D eigenvalue weighted by Gasteiger charge is 2.42. The monoisotopic (exact) mass is 444 g/mol. The second-order valence-corrected chi connectivity index (χ2v) is 8.66. The van der Waals surface area contributed by atoms with Crippen molar-refractivity contribution in [3.63, 3.8) is 0 Å². The third-order valence-corrected chi connectivity index (χ3v) is 6.65. The average molecular weight is 445 g/mol. The molecule has 3 N–H and O–H groups in total. The number of halogens is 1. The minimum absolute atomic E-state index is 0.0662. The summed E-state index contributed by atoms with van der Waals surface area (Å²) in [6.45, 7) is 9.04. The van der Waals surface area contributed by atoms with Crippen molar-refractivity contribution in [2.75, 3.05) is 25.0 Å². The molecule has 0 bridgehead atoms. The number of fused-ring (bicyclic) bond motifs is 4. The lowest BCUT2D eigenvalue weighted by Crippen LogP contribution is -2.48. The van der Waals surface area contributed by atoms with Gasteiger partial charge in [0.05, 0.1) is 28.6 Å². The van der Waals surface area contributed by atoms with E-state index >= 15 is 0 Å². The molecular weight excluding hydrogens is 416 g/mol. The van der Waals surface area contributed by atoms with Crippen molar-refractivity contribution in [1.29, 1.82) is 0 Å². The lowest BCUT2D eigenvalue weighted by molar-refractivity contribution is -0.129. The topological polar surface area (TPSA) is 86.6 Å². The number of nitrogens with one attached hydrogen (secondary N) is 3. The van der Waals surface area contributed by atoms with E-state index in [9.17, 15) is 9.59 Å². The number of likely N-dealkylation sites (N-methyl/N-ethyl adjacent to an activating group) is 1. The van der Waals surface area contributed by atoms with Gasteiger partial charge in [0.25, 0.3) is 5.91 Å². The second kappa shape index (κ2) is 8.46. The van der Waals surface area contributed by atoms with E-state index in [-0.39, 0.29) is 23.8 Å². The zero-order valence-electron chi connectivity index (χ0n) is 18.1. The molecule has 2 aromatic rings. The lowest BCUT2D eigenvalue weighted by atomic mass is 9.74. The van der Waals surface area contributed by atoms with E-state index in [0.29, 0.717) is 23.7 Å². The largest absolute Gasteiger partial charge is 0.450 e. The number of nitrogens with zero attached hydrogens (tertiary/aromatic N) is 1. The Balaban J connectivity index is 1.69. The minimum atomic E-state index is -0.416. The smallest absolute Gasteiger partial charge is 0.287 e. The predicted octanol–water partition coefficient (Wildman–Crippen LogP) is 4.33. The molecule has 1 aromatic carbocycles. The molecule has 166 valence electrons. The van der Waals surface area contributed by atoms with Gasteiger partial charge in [-0.15, -0.1) is 0 Å². The molecule has 1 aromatic heterocycles. The number of anilines is 1. The summed E-state index contributed by atoms with van der Waals surface area (Å²) in [5.41, 5.74) is 2.08. The normalized spacial score (nSPS) is 17.1. The van der Waals surface area contributed by atoms with Gasteiger partial charge in [-0.05, 0) is 38.8 Å². The summed E-state index contributed by atoms with van der Waals surface area (Å²) in [7, 11) is 0. The van der Waals surface area contributed by atoms with E-state index in [1.54, 1.807) is 17.0 Å². The van der Waals surface area contributed by atoms with Crippen LogP contribution in [0.1, 0.15) is 62.1 Å². The molecular formula is C23H29ClN4O3. The van der Waals surface area contributed by atoms with Crippen LogP contribution < -0.4 is 16.0 Å². The molecule has 31 heavy (non-hydrogen) atoms. The Labute approximate surface area is 187 Å². The number of hydrogen-bond acceptors (Lipinski definition) is 5. The maximum absolute atomic E-state index is 12.7. The molecule has 0 radical (unpaired) electrons. The van der Waals surface area contributed by atoms with Gasteiger partial charge in [-0.1, -0.05) is 37.4 Å². The quantitative estimate of drug-likeness (QED) is 0.639. The summed E-state index contributed by atoms with van der Waals surface area (Å²) in [6.07, 6.45) is 5.26. The maximum atomic E-state index is 12.7. The van der Waals surface area contributed by atoms with E-state index in [1.165, 1.54) is 6.42 Å². The molecule has 1 aliphatic heterocycles. The summed E-state index contributed by atoms with van der Waals surface area (Å²) in [5.74, 6) is 0.348. The Morgan fingerprint density at radius 3 is 2.61 bits per heavy atom. The lowest BCUT2D eigenvalue weighted by Gasteiger charge is -2.44. The summed E-state index contributed by atoms with van der Waals surface area (Å²) >= 11 is 6.62. The molecule has 1 aliphatic carbocycles. The van der Waals surface area contributed by atoms with Gasteiger partial charge in [0.15, 0.2) is 5.76 Å². The molecule has 2 amide bonds. The van der Waals surface area contributed by atoms with Gasteiger partial charge >= 0.3 is 0 Å². The Bertz CT molecular complexity index is 1040. The summed E-state index contributed by atoms with van der Waals surface area (Å²) < 4.78 is 6.09. The fourth-order valence-electron chi connectivity index (χ4n) is 4.83. The van der Waals surface area contributed by atoms with Crippen LogP contribution in [-0.4, -0.2) is 36.3 Å². The van der Waals surface area contributed by atoms with Crippen LogP contribution >= 0.6 is 11.6 Å². The number of carbonyl (C=O) groups excluding carboxylic acids is 2. The third-order valence-electron chi connectivity index (χ3n) is 6.35. The first-order valence-electron chi connectivity index (χ1n) is 10.9. The number of carbonyl (C=O) groups is 2. The van der Waals surface area contributed by atoms with Gasteiger partial charge in [-0.3, -0.25) is 9.59 Å². The first-order chi connectivity index (χ1) is 14.9. The number of rotatable bonds is 5. The van der Waals surface area contributed by atoms with Crippen LogP contribution in [0.25, 0.3) is 11.0 Å². The minimum Gasteiger partial charge on any atom is -0.450 e. The molecule has 0 saturated heterocycles. The van der Waals surface area contributed by atoms with E-state index < -0.39 is 5.91 Å². The highest BCUT2D eigenvalue weighted by Crippen LogP contribution is 2.49. The van der Waals surface area contributed by atoms with Crippen LogP contribution in [0.2, 0.25) is 5.02 Å². The van der Waals surface area contributed by atoms with Crippen molar-refractivity contribution in [1.82, 2.24) is 15.5 Å². The van der Waals surface area contributed by atoms with E-state index in [4.69, 9.17) is 16.0 Å². The summed E-state index contributed by atoms with van der Waals surface area (Å²) in [6, 6.07) is 3.50. The maximum Gasteiger partial charge on any atom is 0.287 e. The van der Waals surface area contributed by atoms with Crippen molar-refractivity contribution in [3.8, 4) is 0 Å². The number of hydrogen-bond donors (Lipinski definition) is 3. The van der Waals surface area contributed by atoms with Crippen LogP contribution in [0.15, 0.2) is 28.9 Å². The second-order valence-electron chi connectivity index (χ2n) is 8.26. The van der Waals surface area contributed by atoms with Gasteiger partial charge in [0.2, 0.25) is 5.91 Å². The van der Waals surface area contributed by atoms with Gasteiger partial charge in [-0.2, -0.15) is 0 Å². The van der Waals surface area contributed by atoms with E-state index in [2.05, 4.69) is 22.5 Å². The Morgan fingerprint density at radius 1 is 1.23 bits per heavy atom. The van der Waals surface area contributed by atoms with E-state index in [0.717, 1.165) is 48.1 Å². The van der Waals surface area contributed by atoms with Crippen molar-refractivity contribution < 1.29 is 14.0 Å². The molecule has 0 atom stereocenters. The Kier molecular flexibility index (Phi) is 5.88. The summed E-state index contributed by atoms with van der Waals surface area (Å²) in [5, 5.41) is 10.8. The number of benzene rings is 1. The summed E-state index contributed by atoms with van der Waals surface area (Å²) in [4.78, 5) is 26.6. The zero-order chi connectivity index (χ0) is 22.2. The number of amides is 2. The molecule has 1 fully saturated rings. The molecule has 1 spiro atoms. The molecule has 2 heterocycles. The fraction of sp³-hybridized carbons (Fsp3) is 0.478. The number of furan rings is 1. The highest BCUT2D eigenvalue weighted by molar-refractivity contribution is 6.34. The molecule has 0 unspecified atom stereocenters. The van der Waals surface area contributed by atoms with Gasteiger partial charge in [0.1, 0.15) is 5.58 Å². The van der Waals surface area contributed by atoms with Crippen molar-refractivity contribution >= 4 is 40.1 Å². The molecule has 7 nitrogen and oxygen atoms in total. The van der Waals surface area contributed by atoms with Gasteiger partial charge < -0.3 is 25.3 Å². The van der Waals surface area contributed by atoms with Crippen LogP contribution in [0, 0.1) is 0 Å². The van der Waals surface area contributed by atoms with Crippen molar-refractivity contribution in [2.45, 2.75) is 51.5 Å². The first-order valence-corrected chi connectivity index (χ1v) is 11.3. The third kappa shape index (κ3) is 3.87. The van der Waals surface area contributed by atoms with Crippen LogP contribution in [0.5, 0.6) is 0 Å². The van der Waals surface area contributed by atoms with Crippen LogP contribution in [0.4, 0.5) is 5.69 Å². The average Bonchev–Trinajstić information content (AvgIpc) is 3.17. The molecule has 4 rings (SSSR count).